The molecule has 1 saturated heterocycles. The van der Waals surface area contributed by atoms with Crippen molar-refractivity contribution in [3.05, 3.63) is 72.1 Å². The second kappa shape index (κ2) is 12.0. The SMILES string of the molecule is CCOc1ccccc1OC1CCCN(c2cncc(NC(=O)Cc3ccc(CC(N)=O)cc3)n2)C1. The van der Waals surface area contributed by atoms with Gasteiger partial charge in [0, 0.05) is 6.54 Å². The van der Waals surface area contributed by atoms with E-state index in [9.17, 15) is 9.59 Å². The van der Waals surface area contributed by atoms with Gasteiger partial charge in [0.25, 0.3) is 0 Å². The Hall–Kier alpha value is -4.14. The molecule has 2 amide bonds. The summed E-state index contributed by atoms with van der Waals surface area (Å²) in [5.74, 6) is 1.98. The summed E-state index contributed by atoms with van der Waals surface area (Å²) in [7, 11) is 0. The van der Waals surface area contributed by atoms with E-state index in [2.05, 4.69) is 20.2 Å². The van der Waals surface area contributed by atoms with Crippen LogP contribution in [-0.2, 0) is 22.4 Å². The number of nitrogens with zero attached hydrogens (tertiary/aromatic N) is 3. The molecule has 0 saturated carbocycles. The molecule has 9 nitrogen and oxygen atoms in total. The van der Waals surface area contributed by atoms with Crippen LogP contribution in [0, 0.1) is 0 Å². The average Bonchev–Trinajstić information content (AvgIpc) is 2.87. The molecule has 2 heterocycles. The van der Waals surface area contributed by atoms with E-state index < -0.39 is 0 Å². The highest BCUT2D eigenvalue weighted by Gasteiger charge is 2.24. The normalized spacial score (nSPS) is 15.2. The molecule has 1 fully saturated rings. The number of benzene rings is 2. The molecule has 188 valence electrons. The van der Waals surface area contributed by atoms with Crippen molar-refractivity contribution in [2.45, 2.75) is 38.7 Å². The zero-order chi connectivity index (χ0) is 25.3. The molecule has 36 heavy (non-hydrogen) atoms. The van der Waals surface area contributed by atoms with Crippen molar-refractivity contribution < 1.29 is 19.1 Å². The lowest BCUT2D eigenvalue weighted by molar-refractivity contribution is -0.117. The summed E-state index contributed by atoms with van der Waals surface area (Å²) in [5, 5.41) is 2.83. The van der Waals surface area contributed by atoms with Crippen LogP contribution in [0.5, 0.6) is 11.5 Å². The molecule has 4 rings (SSSR count). The smallest absolute Gasteiger partial charge is 0.229 e. The van der Waals surface area contributed by atoms with E-state index in [1.165, 1.54) is 6.20 Å². The predicted octanol–water partition coefficient (Wildman–Crippen LogP) is 3.13. The van der Waals surface area contributed by atoms with E-state index in [1.54, 1.807) is 18.3 Å². The van der Waals surface area contributed by atoms with Gasteiger partial charge in [0.1, 0.15) is 11.9 Å². The Morgan fingerprint density at radius 3 is 2.50 bits per heavy atom. The zero-order valence-electron chi connectivity index (χ0n) is 20.4. The van der Waals surface area contributed by atoms with E-state index in [0.717, 1.165) is 42.0 Å². The Balaban J connectivity index is 1.35. The number of hydrogen-bond acceptors (Lipinski definition) is 7. The summed E-state index contributed by atoms with van der Waals surface area (Å²) in [4.78, 5) is 34.6. The third-order valence-electron chi connectivity index (χ3n) is 5.80. The van der Waals surface area contributed by atoms with Crippen molar-refractivity contribution in [2.75, 3.05) is 29.9 Å². The number of ether oxygens (including phenoxy) is 2. The Labute approximate surface area is 210 Å². The van der Waals surface area contributed by atoms with Gasteiger partial charge in [0.15, 0.2) is 17.3 Å². The van der Waals surface area contributed by atoms with E-state index in [1.807, 2.05) is 43.3 Å². The maximum atomic E-state index is 12.6. The fourth-order valence-corrected chi connectivity index (χ4v) is 4.16. The first-order valence-electron chi connectivity index (χ1n) is 12.1. The maximum absolute atomic E-state index is 12.6. The molecule has 0 aliphatic carbocycles. The Bertz CT molecular complexity index is 1180. The number of aromatic nitrogens is 2. The summed E-state index contributed by atoms with van der Waals surface area (Å²) in [6, 6.07) is 14.9. The second-order valence-electron chi connectivity index (χ2n) is 8.65. The average molecular weight is 490 g/mol. The molecular formula is C27H31N5O4. The molecule has 9 heteroatoms. The number of hydrogen-bond donors (Lipinski definition) is 2. The molecule has 0 bridgehead atoms. The van der Waals surface area contributed by atoms with E-state index in [0.29, 0.717) is 24.8 Å². The van der Waals surface area contributed by atoms with E-state index >= 15 is 0 Å². The molecular weight excluding hydrogens is 458 g/mol. The number of rotatable bonds is 10. The fourth-order valence-electron chi connectivity index (χ4n) is 4.16. The molecule has 2 aromatic carbocycles. The highest BCUT2D eigenvalue weighted by Crippen LogP contribution is 2.30. The Morgan fingerprint density at radius 1 is 1.06 bits per heavy atom. The molecule has 1 aromatic heterocycles. The van der Waals surface area contributed by atoms with Crippen LogP contribution in [0.1, 0.15) is 30.9 Å². The van der Waals surface area contributed by atoms with Gasteiger partial charge in [0.05, 0.1) is 38.4 Å². The number of piperidine rings is 1. The maximum Gasteiger partial charge on any atom is 0.229 e. The van der Waals surface area contributed by atoms with Crippen LogP contribution in [0.2, 0.25) is 0 Å². The first-order valence-corrected chi connectivity index (χ1v) is 12.1. The molecule has 3 aromatic rings. The monoisotopic (exact) mass is 489 g/mol. The standard InChI is InChI=1S/C27H31N5O4/c1-2-35-22-7-3-4-8-23(22)36-21-6-5-13-32(18-21)26-17-29-16-25(30-26)31-27(34)15-20-11-9-19(10-12-20)14-24(28)33/h3-4,7-12,16-17,21H,2,5-6,13-15,18H2,1H3,(H2,28,33)(H,30,31,34). The summed E-state index contributed by atoms with van der Waals surface area (Å²) in [6.45, 7) is 4.01. The van der Waals surface area contributed by atoms with Gasteiger partial charge in [-0.1, -0.05) is 36.4 Å². The van der Waals surface area contributed by atoms with Crippen molar-refractivity contribution in [3.63, 3.8) is 0 Å². The number of para-hydroxylation sites is 2. The fraction of sp³-hybridized carbons (Fsp3) is 0.333. The van der Waals surface area contributed by atoms with Crippen molar-refractivity contribution >= 4 is 23.5 Å². The highest BCUT2D eigenvalue weighted by atomic mass is 16.5. The lowest BCUT2D eigenvalue weighted by atomic mass is 10.1. The number of carbonyl (C=O) groups is 2. The van der Waals surface area contributed by atoms with Crippen molar-refractivity contribution in [3.8, 4) is 11.5 Å². The van der Waals surface area contributed by atoms with Gasteiger partial charge in [-0.05, 0) is 43.0 Å². The summed E-state index contributed by atoms with van der Waals surface area (Å²) in [5.41, 5.74) is 6.87. The molecule has 1 aliphatic heterocycles. The lowest BCUT2D eigenvalue weighted by Gasteiger charge is -2.33. The number of anilines is 2. The van der Waals surface area contributed by atoms with Crippen LogP contribution in [0.4, 0.5) is 11.6 Å². The highest BCUT2D eigenvalue weighted by molar-refractivity contribution is 5.91. The van der Waals surface area contributed by atoms with Crippen LogP contribution in [0.15, 0.2) is 60.9 Å². The minimum atomic E-state index is -0.388. The van der Waals surface area contributed by atoms with Gasteiger partial charge in [-0.3, -0.25) is 14.6 Å². The molecule has 0 radical (unpaired) electrons. The summed E-state index contributed by atoms with van der Waals surface area (Å²) >= 11 is 0. The molecule has 3 N–H and O–H groups in total. The Kier molecular flexibility index (Phi) is 8.33. The summed E-state index contributed by atoms with van der Waals surface area (Å²) < 4.78 is 12.0. The zero-order valence-corrected chi connectivity index (χ0v) is 20.4. The molecule has 0 spiro atoms. The van der Waals surface area contributed by atoms with Crippen molar-refractivity contribution in [2.24, 2.45) is 5.73 Å². The van der Waals surface area contributed by atoms with Gasteiger partial charge in [0.2, 0.25) is 11.8 Å². The number of carbonyl (C=O) groups excluding carboxylic acids is 2. The molecule has 1 atom stereocenters. The minimum Gasteiger partial charge on any atom is -0.490 e. The third kappa shape index (κ3) is 6.94. The molecule has 1 unspecified atom stereocenters. The second-order valence-corrected chi connectivity index (χ2v) is 8.65. The largest absolute Gasteiger partial charge is 0.490 e. The van der Waals surface area contributed by atoms with Gasteiger partial charge in [-0.15, -0.1) is 0 Å². The Morgan fingerprint density at radius 2 is 1.78 bits per heavy atom. The van der Waals surface area contributed by atoms with Gasteiger partial charge < -0.3 is 25.4 Å². The number of primary amides is 1. The van der Waals surface area contributed by atoms with Crippen molar-refractivity contribution in [1.82, 2.24) is 9.97 Å². The first-order chi connectivity index (χ1) is 17.5. The van der Waals surface area contributed by atoms with Crippen molar-refractivity contribution in [1.29, 1.82) is 0 Å². The van der Waals surface area contributed by atoms with Gasteiger partial charge >= 0.3 is 0 Å². The van der Waals surface area contributed by atoms with Crippen LogP contribution in [0.25, 0.3) is 0 Å². The van der Waals surface area contributed by atoms with Gasteiger partial charge in [-0.25, -0.2) is 4.98 Å². The quantitative estimate of drug-likeness (QED) is 0.449. The number of nitrogens with two attached hydrogens (primary N) is 1. The van der Waals surface area contributed by atoms with Crippen LogP contribution < -0.4 is 25.4 Å². The number of nitrogens with one attached hydrogen (secondary N) is 1. The predicted molar refractivity (Wildman–Crippen MR) is 137 cm³/mol. The van der Waals surface area contributed by atoms with E-state index in [-0.39, 0.29) is 30.8 Å². The lowest BCUT2D eigenvalue weighted by Crippen LogP contribution is -2.41. The topological polar surface area (TPSA) is 120 Å². The van der Waals surface area contributed by atoms with Gasteiger partial charge in [-0.2, -0.15) is 0 Å². The third-order valence-corrected chi connectivity index (χ3v) is 5.80. The summed E-state index contributed by atoms with van der Waals surface area (Å²) in [6.07, 6.45) is 5.46. The minimum absolute atomic E-state index is 0.0158. The number of amides is 2. The van der Waals surface area contributed by atoms with Crippen LogP contribution in [-0.4, -0.2) is 47.6 Å². The van der Waals surface area contributed by atoms with E-state index in [4.69, 9.17) is 15.2 Å². The molecule has 1 aliphatic rings. The van der Waals surface area contributed by atoms with Crippen LogP contribution in [0.3, 0.4) is 0 Å². The van der Waals surface area contributed by atoms with Crippen LogP contribution >= 0.6 is 0 Å². The first kappa shape index (κ1) is 25.0.